The van der Waals surface area contributed by atoms with E-state index in [9.17, 15) is 22.6 Å². The Hall–Kier alpha value is -1.87. The Kier molecular flexibility index (Phi) is 6.38. The predicted molar refractivity (Wildman–Crippen MR) is 73.4 cm³/mol. The van der Waals surface area contributed by atoms with Crippen molar-refractivity contribution in [2.75, 3.05) is 14.1 Å². The van der Waals surface area contributed by atoms with Crippen LogP contribution in [0.25, 0.3) is 0 Å². The molecule has 21 heavy (non-hydrogen) atoms. The van der Waals surface area contributed by atoms with Crippen LogP contribution in [0.15, 0.2) is 18.2 Å². The van der Waals surface area contributed by atoms with Gasteiger partial charge in [-0.05, 0) is 24.1 Å². The molecule has 1 rings (SSSR count). The van der Waals surface area contributed by atoms with Gasteiger partial charge in [-0.3, -0.25) is 0 Å². The minimum atomic E-state index is -1.74. The fourth-order valence-electron chi connectivity index (χ4n) is 1.48. The van der Waals surface area contributed by atoms with E-state index < -0.39 is 34.9 Å². The molecule has 9 heteroatoms. The second-order valence-electron chi connectivity index (χ2n) is 4.36. The fourth-order valence-corrected chi connectivity index (χ4v) is 1.88. The van der Waals surface area contributed by atoms with Gasteiger partial charge in [-0.15, -0.1) is 0 Å². The molecule has 0 fully saturated rings. The highest BCUT2D eigenvalue weighted by Gasteiger charge is 2.15. The fraction of sp³-hybridized carbons (Fsp3) is 0.333. The highest BCUT2D eigenvalue weighted by atomic mass is 32.2. The maximum absolute atomic E-state index is 13.0. The Morgan fingerprint density at radius 3 is 2.38 bits per heavy atom. The molecule has 0 aliphatic carbocycles. The number of carbonyl (C=O) groups excluding carboxylic acids is 2. The largest absolute Gasteiger partial charge is 0.328 e. The number of nitrogens with zero attached hydrogens (tertiary/aromatic N) is 1. The molecule has 2 N–H and O–H groups in total. The molecular formula is C12H15F2N3O3S. The maximum atomic E-state index is 13.0. The van der Waals surface area contributed by atoms with Crippen molar-refractivity contribution in [1.29, 1.82) is 0 Å². The van der Waals surface area contributed by atoms with Gasteiger partial charge in [-0.25, -0.2) is 26.8 Å². The summed E-state index contributed by atoms with van der Waals surface area (Å²) >= 11 is -1.74. The third-order valence-electron chi connectivity index (χ3n) is 2.37. The van der Waals surface area contributed by atoms with Crippen molar-refractivity contribution in [3.63, 3.8) is 0 Å². The van der Waals surface area contributed by atoms with E-state index in [-0.39, 0.29) is 12.0 Å². The van der Waals surface area contributed by atoms with Crippen molar-refractivity contribution in [2.45, 2.75) is 12.5 Å². The number of amides is 2. The van der Waals surface area contributed by atoms with Gasteiger partial charge in [0, 0.05) is 20.2 Å². The molecular weight excluding hydrogens is 304 g/mol. The smallest absolute Gasteiger partial charge is 0.328 e. The quantitative estimate of drug-likeness (QED) is 0.750. The van der Waals surface area contributed by atoms with Crippen LogP contribution in [0, 0.1) is 11.6 Å². The van der Waals surface area contributed by atoms with E-state index in [1.54, 1.807) is 0 Å². The lowest BCUT2D eigenvalue weighted by Crippen LogP contribution is -2.46. The van der Waals surface area contributed by atoms with Gasteiger partial charge in [-0.1, -0.05) is 0 Å². The van der Waals surface area contributed by atoms with E-state index in [0.29, 0.717) is 12.4 Å². The van der Waals surface area contributed by atoms with Gasteiger partial charge in [0.05, 0.1) is 6.04 Å². The first kappa shape index (κ1) is 17.2. The monoisotopic (exact) mass is 319 g/mol. The van der Waals surface area contributed by atoms with Crippen molar-refractivity contribution in [1.82, 2.24) is 14.3 Å². The van der Waals surface area contributed by atoms with Crippen molar-refractivity contribution < 1.29 is 22.6 Å². The van der Waals surface area contributed by atoms with Gasteiger partial charge in [0.25, 0.3) is 0 Å². The molecule has 0 spiro atoms. The van der Waals surface area contributed by atoms with E-state index in [2.05, 4.69) is 10.0 Å². The average molecular weight is 319 g/mol. The average Bonchev–Trinajstić information content (AvgIpc) is 2.36. The van der Waals surface area contributed by atoms with Gasteiger partial charge in [0.1, 0.15) is 17.9 Å². The first-order chi connectivity index (χ1) is 9.81. The molecule has 0 aliphatic heterocycles. The lowest BCUT2D eigenvalue weighted by Gasteiger charge is -2.15. The summed E-state index contributed by atoms with van der Waals surface area (Å²) in [5, 5.41) is 2.26. The predicted octanol–water partition coefficient (Wildman–Crippen LogP) is 0.514. The minimum absolute atomic E-state index is 0.0831. The highest BCUT2D eigenvalue weighted by molar-refractivity contribution is 7.81. The first-order valence-electron chi connectivity index (χ1n) is 5.88. The normalized spacial score (nSPS) is 13.6. The zero-order valence-corrected chi connectivity index (χ0v) is 12.2. The number of aldehydes is 1. The number of hydrogen-bond donors (Lipinski definition) is 2. The van der Waals surface area contributed by atoms with Gasteiger partial charge < -0.3 is 10.1 Å². The van der Waals surface area contributed by atoms with Crippen LogP contribution in [0.1, 0.15) is 5.56 Å². The van der Waals surface area contributed by atoms with E-state index in [4.69, 9.17) is 0 Å². The zero-order valence-electron chi connectivity index (χ0n) is 11.4. The minimum Gasteiger partial charge on any atom is -0.328 e. The molecule has 2 unspecified atom stereocenters. The third kappa shape index (κ3) is 5.96. The maximum Gasteiger partial charge on any atom is 0.328 e. The number of halogens is 2. The summed E-state index contributed by atoms with van der Waals surface area (Å²) in [6.45, 7) is 0. The van der Waals surface area contributed by atoms with E-state index in [0.717, 1.165) is 12.1 Å². The summed E-state index contributed by atoms with van der Waals surface area (Å²) in [6, 6.07) is 1.02. The number of hydrogen-bond acceptors (Lipinski definition) is 3. The molecule has 116 valence electrons. The summed E-state index contributed by atoms with van der Waals surface area (Å²) in [7, 11) is 2.98. The van der Waals surface area contributed by atoms with Crippen molar-refractivity contribution in [2.24, 2.45) is 0 Å². The summed E-state index contributed by atoms with van der Waals surface area (Å²) in [5.74, 6) is -1.54. The van der Waals surface area contributed by atoms with Crippen molar-refractivity contribution >= 4 is 23.5 Å². The molecule has 0 radical (unpaired) electrons. The molecule has 6 nitrogen and oxygen atoms in total. The molecule has 0 saturated heterocycles. The van der Waals surface area contributed by atoms with Crippen LogP contribution >= 0.6 is 0 Å². The third-order valence-corrected chi connectivity index (χ3v) is 3.39. The number of rotatable bonds is 6. The van der Waals surface area contributed by atoms with Gasteiger partial charge in [-0.2, -0.15) is 0 Å². The molecule has 0 heterocycles. The molecule has 0 aromatic heterocycles. The highest BCUT2D eigenvalue weighted by Crippen LogP contribution is 2.09. The second kappa shape index (κ2) is 7.79. The molecule has 0 saturated carbocycles. The second-order valence-corrected chi connectivity index (χ2v) is 5.79. The topological polar surface area (TPSA) is 78.5 Å². The van der Waals surface area contributed by atoms with Crippen LogP contribution in [0.5, 0.6) is 0 Å². The van der Waals surface area contributed by atoms with E-state index >= 15 is 0 Å². The van der Waals surface area contributed by atoms with E-state index in [1.807, 2.05) is 0 Å². The van der Waals surface area contributed by atoms with Crippen LogP contribution in [-0.2, 0) is 22.4 Å². The van der Waals surface area contributed by atoms with Gasteiger partial charge in [0.2, 0.25) is 0 Å². The number of carbonyl (C=O) groups is 2. The standard InChI is InChI=1S/C12H15F2N3O3S/c1-17(2)21(20)16-12(19)15-11(7-18)5-8-3-9(13)6-10(14)4-8/h3-4,6-7,11H,5H2,1-2H3,(H2,15,16,19). The SMILES string of the molecule is CN(C)S(=O)NC(=O)NC(C=O)Cc1cc(F)cc(F)c1. The van der Waals surface area contributed by atoms with Crippen LogP contribution in [0.4, 0.5) is 13.6 Å². The molecule has 2 amide bonds. The van der Waals surface area contributed by atoms with Gasteiger partial charge in [0.15, 0.2) is 11.2 Å². The van der Waals surface area contributed by atoms with Crippen LogP contribution in [0.3, 0.4) is 0 Å². The summed E-state index contributed by atoms with van der Waals surface area (Å²) in [6.07, 6.45) is 0.348. The molecule has 2 atom stereocenters. The van der Waals surface area contributed by atoms with Crippen molar-refractivity contribution in [3.8, 4) is 0 Å². The van der Waals surface area contributed by atoms with Gasteiger partial charge >= 0.3 is 6.03 Å². The summed E-state index contributed by atoms with van der Waals surface area (Å²) in [4.78, 5) is 22.4. The van der Waals surface area contributed by atoms with Crippen LogP contribution < -0.4 is 10.0 Å². The van der Waals surface area contributed by atoms with Crippen LogP contribution in [-0.4, -0.2) is 41.0 Å². The Morgan fingerprint density at radius 1 is 1.33 bits per heavy atom. The number of urea groups is 1. The summed E-state index contributed by atoms with van der Waals surface area (Å²) < 4.78 is 40.8. The first-order valence-corrected chi connectivity index (χ1v) is 6.99. The Bertz CT molecular complexity index is 534. The number of benzene rings is 1. The van der Waals surface area contributed by atoms with E-state index in [1.165, 1.54) is 18.4 Å². The Labute approximate surface area is 123 Å². The lowest BCUT2D eigenvalue weighted by atomic mass is 10.1. The Balaban J connectivity index is 2.65. The Morgan fingerprint density at radius 2 is 1.90 bits per heavy atom. The molecule has 1 aromatic rings. The molecule has 0 bridgehead atoms. The number of nitrogens with one attached hydrogen (secondary N) is 2. The van der Waals surface area contributed by atoms with Crippen molar-refractivity contribution in [3.05, 3.63) is 35.4 Å². The summed E-state index contributed by atoms with van der Waals surface area (Å²) in [5.41, 5.74) is 0.221. The lowest BCUT2D eigenvalue weighted by molar-refractivity contribution is -0.109. The van der Waals surface area contributed by atoms with Crippen LogP contribution in [0.2, 0.25) is 0 Å². The zero-order chi connectivity index (χ0) is 16.0. The molecule has 0 aliphatic rings. The molecule has 1 aromatic carbocycles.